The molecule has 0 aliphatic heterocycles. The normalized spacial score (nSPS) is 13.4. The summed E-state index contributed by atoms with van der Waals surface area (Å²) >= 11 is 0. The van der Waals surface area contributed by atoms with Crippen LogP contribution >= 0.6 is 0 Å². The van der Waals surface area contributed by atoms with Crippen LogP contribution in [0, 0.1) is 6.92 Å². The molecule has 4 rings (SSSR count). The van der Waals surface area contributed by atoms with Gasteiger partial charge in [-0.2, -0.15) is 0 Å². The summed E-state index contributed by atoms with van der Waals surface area (Å²) < 4.78 is 1.59. The van der Waals surface area contributed by atoms with Crippen LogP contribution in [0.2, 0.25) is 0 Å². The number of nitrogens with zero attached hydrogens (tertiary/aromatic N) is 3. The van der Waals surface area contributed by atoms with Crippen LogP contribution in [0.4, 0.5) is 5.82 Å². The van der Waals surface area contributed by atoms with E-state index in [1.807, 2.05) is 74.5 Å². The van der Waals surface area contributed by atoms with E-state index in [9.17, 15) is 4.79 Å². The number of fused-ring (bicyclic) bond motifs is 1. The number of aliphatic imine (C=N–C) groups is 1. The van der Waals surface area contributed by atoms with Crippen LogP contribution in [0.5, 0.6) is 0 Å². The van der Waals surface area contributed by atoms with Crippen molar-refractivity contribution in [1.29, 1.82) is 0 Å². The van der Waals surface area contributed by atoms with E-state index in [0.29, 0.717) is 17.0 Å². The van der Waals surface area contributed by atoms with Gasteiger partial charge in [0, 0.05) is 18.5 Å². The van der Waals surface area contributed by atoms with Crippen LogP contribution in [0.25, 0.3) is 5.65 Å². The fourth-order valence-corrected chi connectivity index (χ4v) is 3.57. The van der Waals surface area contributed by atoms with Crippen molar-refractivity contribution in [3.8, 4) is 0 Å². The minimum Gasteiger partial charge on any atom is -0.363 e. The minimum atomic E-state index is -0.138. The lowest BCUT2D eigenvalue weighted by Gasteiger charge is -2.17. The van der Waals surface area contributed by atoms with Crippen molar-refractivity contribution in [2.75, 3.05) is 5.32 Å². The SMILES string of the molecule is Cc1cccn2c(=O)c(C=N[C@@H](C)c3ccccc3)c(N[C@H](C)c3ccccc3)nc12. The average Bonchev–Trinajstić information content (AvgIpc) is 2.80. The molecule has 2 atom stereocenters. The lowest BCUT2D eigenvalue weighted by atomic mass is 10.1. The highest BCUT2D eigenvalue weighted by Crippen LogP contribution is 2.21. The third-order valence-corrected chi connectivity index (χ3v) is 5.45. The van der Waals surface area contributed by atoms with Gasteiger partial charge in [-0.15, -0.1) is 0 Å². The number of nitrogens with one attached hydrogen (secondary N) is 1. The zero-order valence-electron chi connectivity index (χ0n) is 18.0. The Balaban J connectivity index is 1.78. The summed E-state index contributed by atoms with van der Waals surface area (Å²) in [6, 6.07) is 23.9. The van der Waals surface area contributed by atoms with Crippen molar-refractivity contribution in [1.82, 2.24) is 9.38 Å². The molecule has 0 bridgehead atoms. The summed E-state index contributed by atoms with van der Waals surface area (Å²) in [7, 11) is 0. The molecule has 2 heterocycles. The second kappa shape index (κ2) is 8.96. The maximum absolute atomic E-state index is 13.4. The quantitative estimate of drug-likeness (QED) is 0.436. The standard InChI is InChI=1S/C26H26N4O/c1-18-11-10-16-30-25(18)29-24(28-20(3)22-14-8-5-9-15-22)23(26(30)31)17-27-19(2)21-12-6-4-7-13-21/h4-17,19-20,28H,1-3H3/t19-,20+/m0/s1. The van der Waals surface area contributed by atoms with Crippen molar-refractivity contribution in [3.63, 3.8) is 0 Å². The Morgan fingerprint density at radius 1 is 0.935 bits per heavy atom. The molecule has 0 fully saturated rings. The molecule has 5 heteroatoms. The number of hydrogen-bond acceptors (Lipinski definition) is 4. The van der Waals surface area contributed by atoms with E-state index in [4.69, 9.17) is 4.98 Å². The van der Waals surface area contributed by atoms with Crippen molar-refractivity contribution in [2.45, 2.75) is 32.9 Å². The van der Waals surface area contributed by atoms with E-state index in [-0.39, 0.29) is 17.6 Å². The fraction of sp³-hybridized carbons (Fsp3) is 0.192. The third kappa shape index (κ3) is 4.40. The van der Waals surface area contributed by atoms with Gasteiger partial charge in [0.25, 0.3) is 5.56 Å². The van der Waals surface area contributed by atoms with Gasteiger partial charge in [-0.1, -0.05) is 66.7 Å². The Hall–Kier alpha value is -3.73. The van der Waals surface area contributed by atoms with Gasteiger partial charge in [-0.25, -0.2) is 4.98 Å². The lowest BCUT2D eigenvalue weighted by molar-refractivity contribution is 0.824. The number of rotatable bonds is 6. The summed E-state index contributed by atoms with van der Waals surface area (Å²) in [6.07, 6.45) is 3.40. The van der Waals surface area contributed by atoms with Crippen LogP contribution in [0.3, 0.4) is 0 Å². The molecule has 31 heavy (non-hydrogen) atoms. The Labute approximate surface area is 182 Å². The van der Waals surface area contributed by atoms with E-state index in [0.717, 1.165) is 16.7 Å². The van der Waals surface area contributed by atoms with Gasteiger partial charge in [0.1, 0.15) is 17.0 Å². The van der Waals surface area contributed by atoms with Gasteiger partial charge in [-0.05, 0) is 43.5 Å². The van der Waals surface area contributed by atoms with Gasteiger partial charge >= 0.3 is 0 Å². The van der Waals surface area contributed by atoms with E-state index >= 15 is 0 Å². The third-order valence-electron chi connectivity index (χ3n) is 5.45. The van der Waals surface area contributed by atoms with Crippen molar-refractivity contribution in [3.05, 3.63) is 112 Å². The van der Waals surface area contributed by atoms with Crippen LogP contribution in [0.1, 0.15) is 48.2 Å². The molecular weight excluding hydrogens is 384 g/mol. The second-order valence-corrected chi connectivity index (χ2v) is 7.71. The van der Waals surface area contributed by atoms with Gasteiger partial charge in [0.05, 0.1) is 6.04 Å². The predicted octanol–water partition coefficient (Wildman–Crippen LogP) is 5.36. The topological polar surface area (TPSA) is 58.8 Å². The first-order valence-electron chi connectivity index (χ1n) is 10.5. The molecule has 0 amide bonds. The van der Waals surface area contributed by atoms with Crippen molar-refractivity contribution in [2.24, 2.45) is 4.99 Å². The predicted molar refractivity (Wildman–Crippen MR) is 127 cm³/mol. The van der Waals surface area contributed by atoms with E-state index in [2.05, 4.69) is 29.4 Å². The maximum atomic E-state index is 13.4. The summed E-state index contributed by atoms with van der Waals surface area (Å²) in [5, 5.41) is 3.43. The Morgan fingerprint density at radius 3 is 2.26 bits per heavy atom. The fourth-order valence-electron chi connectivity index (χ4n) is 3.57. The highest BCUT2D eigenvalue weighted by Gasteiger charge is 2.15. The number of anilines is 1. The number of aromatic nitrogens is 2. The summed E-state index contributed by atoms with van der Waals surface area (Å²) in [6.45, 7) is 6.03. The maximum Gasteiger partial charge on any atom is 0.268 e. The summed E-state index contributed by atoms with van der Waals surface area (Å²) in [5.41, 5.74) is 4.11. The monoisotopic (exact) mass is 410 g/mol. The Morgan fingerprint density at radius 2 is 1.58 bits per heavy atom. The van der Waals surface area contributed by atoms with E-state index in [1.54, 1.807) is 16.8 Å². The number of pyridine rings is 1. The molecule has 0 saturated heterocycles. The summed E-state index contributed by atoms with van der Waals surface area (Å²) in [4.78, 5) is 22.8. The highest BCUT2D eigenvalue weighted by molar-refractivity contribution is 5.87. The highest BCUT2D eigenvalue weighted by atomic mass is 16.1. The molecule has 0 radical (unpaired) electrons. The first-order valence-corrected chi connectivity index (χ1v) is 10.5. The Bertz CT molecular complexity index is 1260. The molecule has 4 aromatic rings. The van der Waals surface area contributed by atoms with Crippen molar-refractivity contribution >= 4 is 17.7 Å². The molecular formula is C26H26N4O. The molecule has 2 aromatic carbocycles. The largest absolute Gasteiger partial charge is 0.363 e. The van der Waals surface area contributed by atoms with Crippen LogP contribution in [-0.2, 0) is 0 Å². The van der Waals surface area contributed by atoms with Crippen LogP contribution in [0.15, 0.2) is 88.8 Å². The first-order chi connectivity index (χ1) is 15.0. The van der Waals surface area contributed by atoms with E-state index in [1.165, 1.54) is 0 Å². The zero-order valence-corrected chi connectivity index (χ0v) is 18.0. The molecule has 0 aliphatic carbocycles. The summed E-state index contributed by atoms with van der Waals surface area (Å²) in [5.74, 6) is 0.541. The van der Waals surface area contributed by atoms with Gasteiger partial charge < -0.3 is 5.32 Å². The lowest BCUT2D eigenvalue weighted by Crippen LogP contribution is -2.24. The molecule has 1 N–H and O–H groups in total. The number of hydrogen-bond donors (Lipinski definition) is 1. The zero-order chi connectivity index (χ0) is 21.8. The van der Waals surface area contributed by atoms with Gasteiger partial charge in [0.2, 0.25) is 0 Å². The molecule has 156 valence electrons. The number of aryl methyl sites for hydroxylation is 1. The molecule has 0 aliphatic rings. The smallest absolute Gasteiger partial charge is 0.268 e. The molecule has 0 spiro atoms. The Kier molecular flexibility index (Phi) is 5.94. The number of benzene rings is 2. The molecule has 0 saturated carbocycles. The average molecular weight is 411 g/mol. The minimum absolute atomic E-state index is 0.0155. The van der Waals surface area contributed by atoms with Gasteiger partial charge in [-0.3, -0.25) is 14.2 Å². The van der Waals surface area contributed by atoms with E-state index < -0.39 is 0 Å². The second-order valence-electron chi connectivity index (χ2n) is 7.71. The molecule has 0 unspecified atom stereocenters. The van der Waals surface area contributed by atoms with Crippen LogP contribution < -0.4 is 10.9 Å². The first kappa shape index (κ1) is 20.5. The van der Waals surface area contributed by atoms with Crippen LogP contribution in [-0.4, -0.2) is 15.6 Å². The van der Waals surface area contributed by atoms with Crippen molar-refractivity contribution < 1.29 is 0 Å². The molecule has 2 aromatic heterocycles. The van der Waals surface area contributed by atoms with Gasteiger partial charge in [0.15, 0.2) is 0 Å². The molecule has 5 nitrogen and oxygen atoms in total.